The Balaban J connectivity index is 4.17. The number of hydrogen-bond acceptors (Lipinski definition) is 4. The van der Waals surface area contributed by atoms with Crippen LogP contribution in [-0.4, -0.2) is 53.0 Å². The number of rotatable bonds is 7. The third kappa shape index (κ3) is 5.64. The molecule has 0 radical (unpaired) electrons. The fourth-order valence-electron chi connectivity index (χ4n) is 1.11. The van der Waals surface area contributed by atoms with Crippen LogP contribution in [0.15, 0.2) is 0 Å². The van der Waals surface area contributed by atoms with Gasteiger partial charge in [0.25, 0.3) is 0 Å². The van der Waals surface area contributed by atoms with E-state index in [-0.39, 0.29) is 12.5 Å². The first-order valence-electron chi connectivity index (χ1n) is 4.78. The van der Waals surface area contributed by atoms with E-state index in [1.807, 2.05) is 6.26 Å². The molecule has 0 rings (SSSR count). The zero-order chi connectivity index (χ0) is 11.8. The summed E-state index contributed by atoms with van der Waals surface area (Å²) in [5.74, 6) is -0.492. The number of carboxylic acids is 1. The van der Waals surface area contributed by atoms with E-state index >= 15 is 0 Å². The molecule has 88 valence electrons. The average molecular weight is 234 g/mol. The SMILES string of the molecule is CCN(CC(=O)O)C(=O)[C@@H](N)CCSC. The fraction of sp³-hybridized carbons (Fsp3) is 0.778. The lowest BCUT2D eigenvalue weighted by atomic mass is 10.2. The number of thioether (sulfide) groups is 1. The van der Waals surface area contributed by atoms with E-state index in [1.54, 1.807) is 18.7 Å². The minimum Gasteiger partial charge on any atom is -0.480 e. The van der Waals surface area contributed by atoms with Gasteiger partial charge in [0.1, 0.15) is 6.54 Å². The molecule has 0 aromatic rings. The summed E-state index contributed by atoms with van der Waals surface area (Å²) in [4.78, 5) is 23.4. The number of nitrogens with zero attached hydrogens (tertiary/aromatic N) is 1. The predicted octanol–water partition coefficient (Wildman–Crippen LogP) is -0.0001000. The van der Waals surface area contributed by atoms with Gasteiger partial charge in [-0.3, -0.25) is 9.59 Å². The van der Waals surface area contributed by atoms with Crippen LogP contribution in [0.5, 0.6) is 0 Å². The van der Waals surface area contributed by atoms with Gasteiger partial charge in [0.2, 0.25) is 5.91 Å². The third-order valence-corrected chi connectivity index (χ3v) is 2.61. The quantitative estimate of drug-likeness (QED) is 0.648. The van der Waals surface area contributed by atoms with Gasteiger partial charge in [0.05, 0.1) is 6.04 Å². The lowest BCUT2D eigenvalue weighted by Gasteiger charge is -2.22. The monoisotopic (exact) mass is 234 g/mol. The van der Waals surface area contributed by atoms with Gasteiger partial charge in [0.15, 0.2) is 0 Å². The molecular formula is C9H18N2O3S. The molecule has 0 saturated heterocycles. The minimum absolute atomic E-state index is 0.275. The van der Waals surface area contributed by atoms with Gasteiger partial charge >= 0.3 is 5.97 Å². The minimum atomic E-state index is -1.01. The first kappa shape index (κ1) is 14.2. The topological polar surface area (TPSA) is 83.6 Å². The van der Waals surface area contributed by atoms with Crippen LogP contribution in [0, 0.1) is 0 Å². The summed E-state index contributed by atoms with van der Waals surface area (Å²) in [6.45, 7) is 1.84. The van der Waals surface area contributed by atoms with Crippen molar-refractivity contribution in [1.82, 2.24) is 4.90 Å². The van der Waals surface area contributed by atoms with E-state index in [1.165, 1.54) is 4.90 Å². The van der Waals surface area contributed by atoms with Crippen LogP contribution >= 0.6 is 11.8 Å². The van der Waals surface area contributed by atoms with Crippen LogP contribution in [0.25, 0.3) is 0 Å². The van der Waals surface area contributed by atoms with Crippen LogP contribution in [0.1, 0.15) is 13.3 Å². The maximum absolute atomic E-state index is 11.6. The number of carboxylic acid groups (broad SMARTS) is 1. The molecule has 3 N–H and O–H groups in total. The van der Waals surface area contributed by atoms with Gasteiger partial charge in [0, 0.05) is 6.54 Å². The van der Waals surface area contributed by atoms with E-state index in [4.69, 9.17) is 10.8 Å². The van der Waals surface area contributed by atoms with Crippen molar-refractivity contribution in [3.05, 3.63) is 0 Å². The average Bonchev–Trinajstić information content (AvgIpc) is 2.21. The summed E-state index contributed by atoms with van der Waals surface area (Å²) >= 11 is 1.61. The predicted molar refractivity (Wildman–Crippen MR) is 60.9 cm³/mol. The highest BCUT2D eigenvalue weighted by molar-refractivity contribution is 7.98. The van der Waals surface area contributed by atoms with Crippen LogP contribution < -0.4 is 5.73 Å². The number of amides is 1. The fourth-order valence-corrected chi connectivity index (χ4v) is 1.60. The first-order chi connectivity index (χ1) is 7.02. The molecule has 0 aromatic carbocycles. The Labute approximate surface area is 94.0 Å². The highest BCUT2D eigenvalue weighted by atomic mass is 32.2. The Morgan fingerprint density at radius 1 is 1.53 bits per heavy atom. The van der Waals surface area contributed by atoms with Gasteiger partial charge in [-0.2, -0.15) is 11.8 Å². The molecule has 15 heavy (non-hydrogen) atoms. The first-order valence-corrected chi connectivity index (χ1v) is 6.17. The second kappa shape index (κ2) is 7.53. The van der Waals surface area contributed by atoms with Gasteiger partial charge in [-0.15, -0.1) is 0 Å². The van der Waals surface area contributed by atoms with Crippen molar-refractivity contribution in [3.63, 3.8) is 0 Å². The number of nitrogens with two attached hydrogens (primary N) is 1. The summed E-state index contributed by atoms with van der Waals surface area (Å²) in [5, 5.41) is 8.58. The zero-order valence-electron chi connectivity index (χ0n) is 9.10. The number of carbonyl (C=O) groups excluding carboxylic acids is 1. The number of carbonyl (C=O) groups is 2. The standard InChI is InChI=1S/C9H18N2O3S/c1-3-11(6-8(12)13)9(14)7(10)4-5-15-2/h7H,3-6,10H2,1-2H3,(H,12,13)/t7-/m0/s1. The van der Waals surface area contributed by atoms with E-state index in [9.17, 15) is 9.59 Å². The summed E-state index contributed by atoms with van der Waals surface area (Å²) in [6.07, 6.45) is 2.52. The van der Waals surface area contributed by atoms with Crippen molar-refractivity contribution in [2.24, 2.45) is 5.73 Å². The second-order valence-electron chi connectivity index (χ2n) is 3.13. The maximum atomic E-state index is 11.6. The summed E-state index contributed by atoms with van der Waals surface area (Å²) in [7, 11) is 0. The van der Waals surface area contributed by atoms with Crippen LogP contribution in [0.3, 0.4) is 0 Å². The van der Waals surface area contributed by atoms with Crippen LogP contribution in [-0.2, 0) is 9.59 Å². The molecule has 0 spiro atoms. The van der Waals surface area contributed by atoms with E-state index in [0.29, 0.717) is 13.0 Å². The van der Waals surface area contributed by atoms with Gasteiger partial charge in [-0.05, 0) is 25.4 Å². The van der Waals surface area contributed by atoms with E-state index in [2.05, 4.69) is 0 Å². The Morgan fingerprint density at radius 3 is 2.53 bits per heavy atom. The number of aliphatic carboxylic acids is 1. The molecule has 1 amide bonds. The highest BCUT2D eigenvalue weighted by Gasteiger charge is 2.20. The molecule has 1 atom stereocenters. The molecule has 0 aliphatic carbocycles. The zero-order valence-corrected chi connectivity index (χ0v) is 9.92. The molecule has 0 unspecified atom stereocenters. The number of likely N-dealkylation sites (N-methyl/N-ethyl adjacent to an activating group) is 1. The largest absolute Gasteiger partial charge is 0.480 e. The summed E-state index contributed by atoms with van der Waals surface area (Å²) in [5.41, 5.74) is 5.66. The molecule has 0 saturated carbocycles. The van der Waals surface area contributed by atoms with Crippen LogP contribution in [0.2, 0.25) is 0 Å². The maximum Gasteiger partial charge on any atom is 0.323 e. The molecule has 6 heteroatoms. The highest BCUT2D eigenvalue weighted by Crippen LogP contribution is 2.02. The van der Waals surface area contributed by atoms with Crippen molar-refractivity contribution < 1.29 is 14.7 Å². The summed E-state index contributed by atoms with van der Waals surface area (Å²) < 4.78 is 0. The molecular weight excluding hydrogens is 216 g/mol. The Kier molecular flexibility index (Phi) is 7.15. The second-order valence-corrected chi connectivity index (χ2v) is 4.12. The molecule has 0 aliphatic rings. The lowest BCUT2D eigenvalue weighted by Crippen LogP contribution is -2.46. The normalized spacial score (nSPS) is 12.2. The van der Waals surface area contributed by atoms with Crippen molar-refractivity contribution in [1.29, 1.82) is 0 Å². The smallest absolute Gasteiger partial charge is 0.323 e. The van der Waals surface area contributed by atoms with Crippen molar-refractivity contribution >= 4 is 23.6 Å². The summed E-state index contributed by atoms with van der Waals surface area (Å²) in [6, 6.07) is -0.586. The van der Waals surface area contributed by atoms with E-state index in [0.717, 1.165) is 5.75 Å². The van der Waals surface area contributed by atoms with Gasteiger partial charge in [-0.1, -0.05) is 0 Å². The molecule has 0 aliphatic heterocycles. The molecule has 0 heterocycles. The van der Waals surface area contributed by atoms with Gasteiger partial charge < -0.3 is 15.7 Å². The number of hydrogen-bond donors (Lipinski definition) is 2. The third-order valence-electron chi connectivity index (χ3n) is 1.97. The van der Waals surface area contributed by atoms with Crippen molar-refractivity contribution in [2.75, 3.05) is 25.1 Å². The Hall–Kier alpha value is -0.750. The Bertz CT molecular complexity index is 223. The van der Waals surface area contributed by atoms with Crippen LogP contribution in [0.4, 0.5) is 0 Å². The molecule has 0 aromatic heterocycles. The van der Waals surface area contributed by atoms with Crippen molar-refractivity contribution in [2.45, 2.75) is 19.4 Å². The molecule has 5 nitrogen and oxygen atoms in total. The Morgan fingerprint density at radius 2 is 2.13 bits per heavy atom. The molecule has 0 fully saturated rings. The lowest BCUT2D eigenvalue weighted by molar-refractivity contribution is -0.144. The molecule has 0 bridgehead atoms. The van der Waals surface area contributed by atoms with Gasteiger partial charge in [-0.25, -0.2) is 0 Å². The van der Waals surface area contributed by atoms with E-state index < -0.39 is 12.0 Å². The van der Waals surface area contributed by atoms with Crippen molar-refractivity contribution in [3.8, 4) is 0 Å².